The molecule has 2 N–H and O–H groups in total. The van der Waals surface area contributed by atoms with Gasteiger partial charge in [-0.25, -0.2) is 0 Å². The fourth-order valence-electron chi connectivity index (χ4n) is 1.75. The number of amides is 1. The van der Waals surface area contributed by atoms with E-state index in [0.29, 0.717) is 5.56 Å². The minimum absolute atomic E-state index is 0.0696. The van der Waals surface area contributed by atoms with Gasteiger partial charge in [0, 0.05) is 5.56 Å². The smallest absolute Gasteiger partial charge is 0.251 e. The molecule has 1 amide bonds. The number of aliphatic hydroxyl groups is 1. The van der Waals surface area contributed by atoms with Crippen molar-refractivity contribution in [2.75, 3.05) is 6.61 Å². The Kier molecular flexibility index (Phi) is 6.74. The Morgan fingerprint density at radius 3 is 2.39 bits per heavy atom. The van der Waals surface area contributed by atoms with Crippen LogP contribution >= 0.6 is 0 Å². The summed E-state index contributed by atoms with van der Waals surface area (Å²) in [4.78, 5) is 12.3. The van der Waals surface area contributed by atoms with Crippen molar-refractivity contribution in [1.82, 2.24) is 5.32 Å². The Hall–Kier alpha value is -1.43. The average molecular weight is 336 g/mol. The summed E-state index contributed by atoms with van der Waals surface area (Å²) in [5.41, 5.74) is 0.557. The normalized spacial score (nSPS) is 14.9. The average Bonchev–Trinajstić information content (AvgIpc) is 2.50. The lowest BCUT2D eigenvalue weighted by atomic mass is 10.1. The number of nitrogens with one attached hydrogen (secondary N) is 1. The highest BCUT2D eigenvalue weighted by molar-refractivity contribution is 6.74. The van der Waals surface area contributed by atoms with Gasteiger partial charge in [0.05, 0.1) is 18.8 Å². The van der Waals surface area contributed by atoms with Crippen LogP contribution in [0.15, 0.2) is 43.0 Å². The molecule has 0 aliphatic carbocycles. The quantitative estimate of drug-likeness (QED) is 0.593. The first-order valence-corrected chi connectivity index (χ1v) is 10.8. The lowest BCUT2D eigenvalue weighted by Crippen LogP contribution is -2.50. The molecular weight excluding hydrogens is 306 g/mol. The summed E-state index contributed by atoms with van der Waals surface area (Å²) in [5.74, 6) is -0.227. The standard InChI is InChI=1S/C18H29NO3Si/c1-7-16(20)15(13-22-23(5,6)18(2,3)4)19-17(21)14-11-9-8-10-12-14/h7-12,15-16,20H,1,13H2,2-6H3,(H,19,21)/t15-,16?/m0/s1. The molecule has 0 heterocycles. The number of benzene rings is 1. The number of hydrogen-bond donors (Lipinski definition) is 2. The van der Waals surface area contributed by atoms with E-state index in [1.807, 2.05) is 6.07 Å². The van der Waals surface area contributed by atoms with Gasteiger partial charge in [-0.1, -0.05) is 45.0 Å². The maximum absolute atomic E-state index is 12.3. The summed E-state index contributed by atoms with van der Waals surface area (Å²) >= 11 is 0. The molecule has 128 valence electrons. The summed E-state index contributed by atoms with van der Waals surface area (Å²) in [6.07, 6.45) is 0.567. The second kappa shape index (κ2) is 7.90. The largest absolute Gasteiger partial charge is 0.415 e. The molecule has 1 rings (SSSR count). The van der Waals surface area contributed by atoms with Crippen LogP contribution < -0.4 is 5.32 Å². The molecule has 2 atom stereocenters. The maximum Gasteiger partial charge on any atom is 0.251 e. The molecule has 0 aromatic heterocycles. The SMILES string of the molecule is C=CC(O)[C@H](CO[Si](C)(C)C(C)(C)C)NC(=O)c1ccccc1. The monoisotopic (exact) mass is 335 g/mol. The second-order valence-corrected chi connectivity index (χ2v) is 12.1. The van der Waals surface area contributed by atoms with E-state index in [0.717, 1.165) is 0 Å². The van der Waals surface area contributed by atoms with Gasteiger partial charge in [-0.15, -0.1) is 6.58 Å². The molecule has 23 heavy (non-hydrogen) atoms. The van der Waals surface area contributed by atoms with Crippen molar-refractivity contribution in [3.05, 3.63) is 48.6 Å². The van der Waals surface area contributed by atoms with Crippen LogP contribution in [0.4, 0.5) is 0 Å². The van der Waals surface area contributed by atoms with Crippen molar-refractivity contribution in [2.24, 2.45) is 0 Å². The van der Waals surface area contributed by atoms with Gasteiger partial charge in [0.15, 0.2) is 8.32 Å². The van der Waals surface area contributed by atoms with Crippen LogP contribution in [-0.4, -0.2) is 38.1 Å². The third-order valence-electron chi connectivity index (χ3n) is 4.44. The molecular formula is C18H29NO3Si. The van der Waals surface area contributed by atoms with Crippen molar-refractivity contribution in [3.8, 4) is 0 Å². The van der Waals surface area contributed by atoms with Crippen LogP contribution in [0.25, 0.3) is 0 Å². The second-order valence-electron chi connectivity index (χ2n) is 7.24. The van der Waals surface area contributed by atoms with Gasteiger partial charge < -0.3 is 14.8 Å². The maximum atomic E-state index is 12.3. The van der Waals surface area contributed by atoms with Gasteiger partial charge in [-0.2, -0.15) is 0 Å². The van der Waals surface area contributed by atoms with Gasteiger partial charge in [0.25, 0.3) is 5.91 Å². The Bertz CT molecular complexity index is 523. The molecule has 0 fully saturated rings. The molecule has 0 aliphatic heterocycles. The number of hydrogen-bond acceptors (Lipinski definition) is 3. The molecule has 1 aromatic rings. The third kappa shape index (κ3) is 5.60. The third-order valence-corrected chi connectivity index (χ3v) is 8.94. The summed E-state index contributed by atoms with van der Waals surface area (Å²) in [5, 5.41) is 13.0. The van der Waals surface area contributed by atoms with Crippen LogP contribution in [0.5, 0.6) is 0 Å². The molecule has 5 heteroatoms. The first-order chi connectivity index (χ1) is 10.6. The molecule has 0 saturated carbocycles. The number of carbonyl (C=O) groups is 1. The highest BCUT2D eigenvalue weighted by Crippen LogP contribution is 2.36. The molecule has 0 aliphatic rings. The summed E-state index contributed by atoms with van der Waals surface area (Å²) in [6.45, 7) is 14.6. The summed E-state index contributed by atoms with van der Waals surface area (Å²) in [7, 11) is -1.95. The summed E-state index contributed by atoms with van der Waals surface area (Å²) < 4.78 is 6.13. The van der Waals surface area contributed by atoms with E-state index in [-0.39, 0.29) is 17.6 Å². The van der Waals surface area contributed by atoms with E-state index in [1.165, 1.54) is 6.08 Å². The van der Waals surface area contributed by atoms with E-state index in [9.17, 15) is 9.90 Å². The Morgan fingerprint density at radius 1 is 1.35 bits per heavy atom. The fourth-order valence-corrected chi connectivity index (χ4v) is 2.78. The van der Waals surface area contributed by atoms with E-state index >= 15 is 0 Å². The van der Waals surface area contributed by atoms with Crippen LogP contribution in [0, 0.1) is 0 Å². The first-order valence-electron chi connectivity index (χ1n) is 7.89. The molecule has 1 unspecified atom stereocenters. The van der Waals surface area contributed by atoms with Crippen molar-refractivity contribution in [3.63, 3.8) is 0 Å². The van der Waals surface area contributed by atoms with E-state index in [1.54, 1.807) is 24.3 Å². The zero-order valence-corrected chi connectivity index (χ0v) is 15.8. The van der Waals surface area contributed by atoms with Crippen LogP contribution in [0.3, 0.4) is 0 Å². The number of rotatable bonds is 7. The zero-order chi connectivity index (χ0) is 17.7. The van der Waals surface area contributed by atoms with Gasteiger partial charge in [0.1, 0.15) is 0 Å². The molecule has 1 aromatic carbocycles. The Labute approximate surface area is 140 Å². The van der Waals surface area contributed by atoms with Crippen molar-refractivity contribution in [1.29, 1.82) is 0 Å². The Morgan fingerprint density at radius 2 is 1.91 bits per heavy atom. The van der Waals surface area contributed by atoms with E-state index in [4.69, 9.17) is 4.43 Å². The molecule has 0 spiro atoms. The highest BCUT2D eigenvalue weighted by Gasteiger charge is 2.38. The van der Waals surface area contributed by atoms with Gasteiger partial charge >= 0.3 is 0 Å². The minimum atomic E-state index is -1.95. The first kappa shape index (κ1) is 19.6. The predicted molar refractivity (Wildman–Crippen MR) is 97.0 cm³/mol. The predicted octanol–water partition coefficient (Wildman–Crippen LogP) is 3.35. The summed E-state index contributed by atoms with van der Waals surface area (Å²) in [6, 6.07) is 8.42. The van der Waals surface area contributed by atoms with Crippen LogP contribution in [0.1, 0.15) is 31.1 Å². The lowest BCUT2D eigenvalue weighted by molar-refractivity contribution is 0.0821. The molecule has 0 bridgehead atoms. The minimum Gasteiger partial charge on any atom is -0.415 e. The van der Waals surface area contributed by atoms with Crippen molar-refractivity contribution < 1.29 is 14.3 Å². The number of carbonyl (C=O) groups excluding carboxylic acids is 1. The molecule has 0 radical (unpaired) electrons. The van der Waals surface area contributed by atoms with Gasteiger partial charge in [0.2, 0.25) is 0 Å². The highest BCUT2D eigenvalue weighted by atomic mass is 28.4. The van der Waals surface area contributed by atoms with Crippen LogP contribution in [0.2, 0.25) is 18.1 Å². The van der Waals surface area contributed by atoms with E-state index in [2.05, 4.69) is 45.8 Å². The van der Waals surface area contributed by atoms with Gasteiger partial charge in [-0.05, 0) is 30.3 Å². The topological polar surface area (TPSA) is 58.6 Å². The van der Waals surface area contributed by atoms with Crippen molar-refractivity contribution in [2.45, 2.75) is 51.0 Å². The van der Waals surface area contributed by atoms with Crippen molar-refractivity contribution >= 4 is 14.2 Å². The van der Waals surface area contributed by atoms with Gasteiger partial charge in [-0.3, -0.25) is 4.79 Å². The number of aliphatic hydroxyl groups excluding tert-OH is 1. The van der Waals surface area contributed by atoms with Crippen LogP contribution in [-0.2, 0) is 4.43 Å². The molecule has 0 saturated heterocycles. The fraction of sp³-hybridized carbons (Fsp3) is 0.500. The Balaban J connectivity index is 2.78. The zero-order valence-electron chi connectivity index (χ0n) is 14.8. The molecule has 4 nitrogen and oxygen atoms in total. The van der Waals surface area contributed by atoms with E-state index < -0.39 is 20.5 Å². The lowest BCUT2D eigenvalue weighted by Gasteiger charge is -2.37.